The zero-order chi connectivity index (χ0) is 10.4. The van der Waals surface area contributed by atoms with Crippen molar-refractivity contribution in [2.75, 3.05) is 0 Å². The van der Waals surface area contributed by atoms with Gasteiger partial charge in [-0.25, -0.2) is 0 Å². The third-order valence-electron chi connectivity index (χ3n) is 4.50. The van der Waals surface area contributed by atoms with E-state index in [2.05, 4.69) is 41.5 Å². The summed E-state index contributed by atoms with van der Waals surface area (Å²) in [7, 11) is 0. The van der Waals surface area contributed by atoms with Crippen LogP contribution in [0.2, 0.25) is 17.5 Å². The van der Waals surface area contributed by atoms with Gasteiger partial charge in [-0.15, -0.1) is 0 Å². The van der Waals surface area contributed by atoms with Crippen molar-refractivity contribution in [2.45, 2.75) is 78.3 Å². The Morgan fingerprint density at radius 3 is 1.08 bits per heavy atom. The van der Waals surface area contributed by atoms with E-state index >= 15 is 0 Å². The van der Waals surface area contributed by atoms with Crippen molar-refractivity contribution in [2.24, 2.45) is 0 Å². The highest BCUT2D eigenvalue weighted by Gasteiger charge is 2.19. The molecule has 13 heavy (non-hydrogen) atoms. The lowest BCUT2D eigenvalue weighted by atomic mass is 9.28. The zero-order valence-electron chi connectivity index (χ0n) is 10.6. The van der Waals surface area contributed by atoms with Gasteiger partial charge in [0.1, 0.15) is 0 Å². The summed E-state index contributed by atoms with van der Waals surface area (Å²) >= 11 is 0. The second kappa shape index (κ2) is 6.51. The van der Waals surface area contributed by atoms with Gasteiger partial charge in [0, 0.05) is 0 Å². The molecule has 0 rings (SSSR count). The smallest absolute Gasteiger partial charge is 0.00764 e. The summed E-state index contributed by atoms with van der Waals surface area (Å²) in [6.07, 6.45) is 4.11. The monoisotopic (exact) mass is 183 g/mol. The molecule has 0 unspecified atom stereocenters. The maximum Gasteiger partial charge on any atom is -0.00764 e. The summed E-state index contributed by atoms with van der Waals surface area (Å²) in [5.41, 5.74) is 0. The summed E-state index contributed by atoms with van der Waals surface area (Å²) in [5.74, 6) is 2.93. The highest BCUT2D eigenvalue weighted by atomic mass is 14.1. The topological polar surface area (TPSA) is 0 Å². The molecule has 0 N–H and O–H groups in total. The van der Waals surface area contributed by atoms with E-state index < -0.39 is 0 Å². The van der Waals surface area contributed by atoms with Crippen LogP contribution in [-0.2, 0) is 0 Å². The van der Waals surface area contributed by atoms with Gasteiger partial charge in [0.15, 0.2) is 0 Å². The summed E-state index contributed by atoms with van der Waals surface area (Å²) in [6, 6.07) is 0. The first-order valence-electron chi connectivity index (χ1n) is 6.30. The fourth-order valence-corrected chi connectivity index (χ4v) is 3.06. The number of hydrogen-bond acceptors (Lipinski definition) is 0. The normalized spacial score (nSPS) is 18.7. The SMILES string of the molecule is CC[C@H](C)[BH-]([C@@H](C)CC)[C@@H](C)CC. The van der Waals surface area contributed by atoms with Gasteiger partial charge in [-0.3, -0.25) is 0 Å². The fraction of sp³-hybridized carbons (Fsp3) is 1.00. The molecular formula is C12H28B-. The van der Waals surface area contributed by atoms with Gasteiger partial charge < -0.3 is 0 Å². The van der Waals surface area contributed by atoms with Gasteiger partial charge in [-0.05, 0) is 6.71 Å². The minimum absolute atomic E-state index is 0.0625. The largest absolute Gasteiger partial charge is 0.172 e. The Bertz CT molecular complexity index is 98.5. The van der Waals surface area contributed by atoms with Gasteiger partial charge in [0.25, 0.3) is 0 Å². The van der Waals surface area contributed by atoms with E-state index in [0.717, 1.165) is 17.5 Å². The molecule has 0 aliphatic carbocycles. The molecule has 0 saturated heterocycles. The quantitative estimate of drug-likeness (QED) is 0.527. The highest BCUT2D eigenvalue weighted by Crippen LogP contribution is 2.35. The third-order valence-corrected chi connectivity index (χ3v) is 4.50. The van der Waals surface area contributed by atoms with E-state index in [1.807, 2.05) is 0 Å². The van der Waals surface area contributed by atoms with Crippen molar-refractivity contribution in [1.29, 1.82) is 0 Å². The van der Waals surface area contributed by atoms with Crippen LogP contribution in [0.25, 0.3) is 0 Å². The average molecular weight is 183 g/mol. The minimum Gasteiger partial charge on any atom is -0.172 e. The van der Waals surface area contributed by atoms with Gasteiger partial charge in [0.2, 0.25) is 0 Å². The van der Waals surface area contributed by atoms with Crippen LogP contribution in [-0.4, -0.2) is 6.71 Å². The molecular weight excluding hydrogens is 155 g/mol. The van der Waals surface area contributed by atoms with Crippen LogP contribution < -0.4 is 0 Å². The molecule has 0 aromatic heterocycles. The third kappa shape index (κ3) is 3.75. The maximum absolute atomic E-state index is 2.46. The van der Waals surface area contributed by atoms with Crippen molar-refractivity contribution in [1.82, 2.24) is 0 Å². The van der Waals surface area contributed by atoms with E-state index in [1.165, 1.54) is 19.3 Å². The Balaban J connectivity index is 4.34. The predicted molar refractivity (Wildman–Crippen MR) is 66.3 cm³/mol. The summed E-state index contributed by atoms with van der Waals surface area (Å²) in [6.45, 7) is 14.5. The number of hydrogen-bond donors (Lipinski definition) is 0. The number of rotatable bonds is 6. The Morgan fingerprint density at radius 2 is 0.923 bits per heavy atom. The van der Waals surface area contributed by atoms with Crippen LogP contribution in [0.3, 0.4) is 0 Å². The van der Waals surface area contributed by atoms with E-state index in [1.54, 1.807) is 0 Å². The molecule has 0 heterocycles. The highest BCUT2D eigenvalue weighted by molar-refractivity contribution is 6.63. The molecule has 0 bridgehead atoms. The lowest BCUT2D eigenvalue weighted by Crippen LogP contribution is -2.28. The molecule has 80 valence electrons. The summed E-state index contributed by atoms with van der Waals surface area (Å²) in [5, 5.41) is 0. The van der Waals surface area contributed by atoms with Crippen molar-refractivity contribution >= 4 is 6.71 Å². The molecule has 0 fully saturated rings. The van der Waals surface area contributed by atoms with Crippen LogP contribution in [0.1, 0.15) is 60.8 Å². The molecule has 0 saturated carbocycles. The second-order valence-electron chi connectivity index (χ2n) is 5.25. The summed E-state index contributed by atoms with van der Waals surface area (Å²) in [4.78, 5) is 0. The first-order valence-corrected chi connectivity index (χ1v) is 6.30. The molecule has 3 atom stereocenters. The van der Waals surface area contributed by atoms with Crippen molar-refractivity contribution in [3.8, 4) is 0 Å². The van der Waals surface area contributed by atoms with Gasteiger partial charge >= 0.3 is 0 Å². The van der Waals surface area contributed by atoms with Crippen molar-refractivity contribution in [3.63, 3.8) is 0 Å². The Hall–Kier alpha value is 0.0649. The Morgan fingerprint density at radius 1 is 0.692 bits per heavy atom. The molecule has 0 radical (unpaired) electrons. The molecule has 0 nitrogen and oxygen atoms in total. The maximum atomic E-state index is 2.46. The van der Waals surface area contributed by atoms with E-state index in [9.17, 15) is 0 Å². The molecule has 0 spiro atoms. The van der Waals surface area contributed by atoms with Crippen molar-refractivity contribution < 1.29 is 0 Å². The minimum atomic E-state index is 0.0625. The Labute approximate surface area is 85.6 Å². The lowest BCUT2D eigenvalue weighted by Gasteiger charge is -2.39. The molecule has 0 aromatic carbocycles. The van der Waals surface area contributed by atoms with Crippen LogP contribution >= 0.6 is 0 Å². The van der Waals surface area contributed by atoms with E-state index in [4.69, 9.17) is 0 Å². The fourth-order valence-electron chi connectivity index (χ4n) is 3.06. The zero-order valence-corrected chi connectivity index (χ0v) is 10.6. The molecule has 1 heteroatoms. The first kappa shape index (κ1) is 13.1. The lowest BCUT2D eigenvalue weighted by molar-refractivity contribution is 0.720. The second-order valence-corrected chi connectivity index (χ2v) is 5.25. The molecule has 0 aliphatic heterocycles. The standard InChI is InChI=1S/C12H28B/c1-7-10(4)13(11(5)8-2)12(6)9-3/h10-13H,7-9H2,1-6H3/q-1/t10-,11-,12-/m0/s1. The first-order chi connectivity index (χ1) is 6.08. The van der Waals surface area contributed by atoms with E-state index in [0.29, 0.717) is 0 Å². The van der Waals surface area contributed by atoms with Gasteiger partial charge in [-0.2, -0.15) is 17.5 Å². The molecule has 0 aliphatic rings. The molecule has 0 amide bonds. The Kier molecular flexibility index (Phi) is 6.54. The molecule has 0 aromatic rings. The van der Waals surface area contributed by atoms with Crippen LogP contribution in [0.15, 0.2) is 0 Å². The predicted octanol–water partition coefficient (Wildman–Crippen LogP) is 4.61. The van der Waals surface area contributed by atoms with Crippen LogP contribution in [0.5, 0.6) is 0 Å². The van der Waals surface area contributed by atoms with E-state index in [-0.39, 0.29) is 6.71 Å². The van der Waals surface area contributed by atoms with Gasteiger partial charge in [0.05, 0.1) is 0 Å². The van der Waals surface area contributed by atoms with Crippen molar-refractivity contribution in [3.05, 3.63) is 0 Å². The van der Waals surface area contributed by atoms with Gasteiger partial charge in [-0.1, -0.05) is 60.8 Å². The summed E-state index contributed by atoms with van der Waals surface area (Å²) < 4.78 is 0. The van der Waals surface area contributed by atoms with Crippen LogP contribution in [0, 0.1) is 0 Å². The average Bonchev–Trinajstić information content (AvgIpc) is 2.16. The van der Waals surface area contributed by atoms with Crippen LogP contribution in [0.4, 0.5) is 0 Å².